The Morgan fingerprint density at radius 3 is 2.80 bits per heavy atom. The van der Waals surface area contributed by atoms with E-state index in [2.05, 4.69) is 4.74 Å². The first-order chi connectivity index (χ1) is 7.06. The molecule has 1 rings (SSSR count). The monoisotopic (exact) mass is 227 g/mol. The zero-order valence-corrected chi connectivity index (χ0v) is 9.76. The van der Waals surface area contributed by atoms with Crippen molar-refractivity contribution in [2.75, 3.05) is 7.11 Å². The molecule has 5 heteroatoms. The highest BCUT2D eigenvalue weighted by Crippen LogP contribution is 2.02. The van der Waals surface area contributed by atoms with E-state index in [1.807, 2.05) is 6.92 Å². The number of rotatable bonds is 3. The number of hydrogen-bond acceptors (Lipinski definition) is 4. The third-order valence-corrected chi connectivity index (χ3v) is 2.94. The van der Waals surface area contributed by atoms with Gasteiger partial charge in [0, 0.05) is 23.2 Å². The number of hydrogen-bond donors (Lipinski definition) is 0. The standard InChI is InChI=1S/C10H13NO3S/c1-7(9(12)14-3)4-5-11-8(2)6-15-10(11)13/h4,6H,5H2,1-3H3. The Labute approximate surface area is 91.8 Å². The second kappa shape index (κ2) is 4.93. The van der Waals surface area contributed by atoms with Crippen LogP contribution in [0, 0.1) is 6.92 Å². The summed E-state index contributed by atoms with van der Waals surface area (Å²) in [5, 5.41) is 1.80. The van der Waals surface area contributed by atoms with Crippen molar-refractivity contribution in [3.05, 3.63) is 32.4 Å². The summed E-state index contributed by atoms with van der Waals surface area (Å²) in [4.78, 5) is 22.4. The van der Waals surface area contributed by atoms with Gasteiger partial charge in [0.1, 0.15) is 0 Å². The number of nitrogens with zero attached hydrogens (tertiary/aromatic N) is 1. The maximum Gasteiger partial charge on any atom is 0.333 e. The second-order valence-corrected chi connectivity index (χ2v) is 3.95. The van der Waals surface area contributed by atoms with E-state index in [1.54, 1.807) is 22.9 Å². The quantitative estimate of drug-likeness (QED) is 0.578. The fourth-order valence-corrected chi connectivity index (χ4v) is 1.84. The van der Waals surface area contributed by atoms with Crippen LogP contribution in [0.3, 0.4) is 0 Å². The Kier molecular flexibility index (Phi) is 3.85. The van der Waals surface area contributed by atoms with Crippen molar-refractivity contribution in [2.24, 2.45) is 0 Å². The third-order valence-electron chi connectivity index (χ3n) is 2.06. The number of carbonyl (C=O) groups excluding carboxylic acids is 1. The van der Waals surface area contributed by atoms with E-state index in [0.29, 0.717) is 12.1 Å². The van der Waals surface area contributed by atoms with Crippen molar-refractivity contribution in [1.82, 2.24) is 4.57 Å². The fourth-order valence-electron chi connectivity index (χ4n) is 1.10. The van der Waals surface area contributed by atoms with Crippen LogP contribution in [-0.2, 0) is 16.1 Å². The zero-order chi connectivity index (χ0) is 11.4. The van der Waals surface area contributed by atoms with E-state index in [4.69, 9.17) is 0 Å². The van der Waals surface area contributed by atoms with Gasteiger partial charge < -0.3 is 4.74 Å². The molecule has 0 saturated carbocycles. The molecule has 4 nitrogen and oxygen atoms in total. The van der Waals surface area contributed by atoms with Crippen LogP contribution in [-0.4, -0.2) is 17.6 Å². The maximum atomic E-state index is 11.3. The number of thiazole rings is 1. The Morgan fingerprint density at radius 1 is 1.67 bits per heavy atom. The van der Waals surface area contributed by atoms with Crippen LogP contribution in [0.5, 0.6) is 0 Å². The summed E-state index contributed by atoms with van der Waals surface area (Å²) in [6, 6.07) is 0. The average molecular weight is 227 g/mol. The minimum atomic E-state index is -0.365. The molecule has 0 spiro atoms. The van der Waals surface area contributed by atoms with Crippen molar-refractivity contribution in [3.8, 4) is 0 Å². The minimum Gasteiger partial charge on any atom is -0.466 e. The third kappa shape index (κ3) is 2.79. The van der Waals surface area contributed by atoms with Gasteiger partial charge in [-0.1, -0.05) is 17.4 Å². The molecule has 1 aromatic rings. The van der Waals surface area contributed by atoms with E-state index >= 15 is 0 Å². The van der Waals surface area contributed by atoms with Crippen LogP contribution in [0.4, 0.5) is 0 Å². The van der Waals surface area contributed by atoms with Gasteiger partial charge in [0.25, 0.3) is 0 Å². The molecule has 0 aliphatic rings. The van der Waals surface area contributed by atoms with E-state index in [9.17, 15) is 9.59 Å². The number of carbonyl (C=O) groups is 1. The molecule has 0 radical (unpaired) electrons. The first-order valence-corrected chi connectivity index (χ1v) is 5.34. The molecule has 0 aliphatic carbocycles. The van der Waals surface area contributed by atoms with Gasteiger partial charge >= 0.3 is 10.8 Å². The summed E-state index contributed by atoms with van der Waals surface area (Å²) >= 11 is 1.16. The van der Waals surface area contributed by atoms with Gasteiger partial charge in [0.05, 0.1) is 7.11 Å². The molecule has 0 N–H and O–H groups in total. The molecule has 15 heavy (non-hydrogen) atoms. The molecule has 1 heterocycles. The molecule has 0 aromatic carbocycles. The highest BCUT2D eigenvalue weighted by molar-refractivity contribution is 7.07. The van der Waals surface area contributed by atoms with Gasteiger partial charge in [-0.25, -0.2) is 4.79 Å². The molecule has 0 bridgehead atoms. The lowest BCUT2D eigenvalue weighted by Gasteiger charge is -2.01. The molecular weight excluding hydrogens is 214 g/mol. The first kappa shape index (κ1) is 11.7. The van der Waals surface area contributed by atoms with Gasteiger partial charge in [-0.2, -0.15) is 0 Å². The number of aryl methyl sites for hydroxylation is 1. The highest BCUT2D eigenvalue weighted by Gasteiger charge is 2.04. The van der Waals surface area contributed by atoms with Crippen molar-refractivity contribution >= 4 is 17.3 Å². The van der Waals surface area contributed by atoms with Crippen LogP contribution in [0.15, 0.2) is 21.8 Å². The molecule has 0 fully saturated rings. The molecule has 1 aromatic heterocycles. The Bertz CT molecular complexity index is 442. The predicted octanol–water partition coefficient (Wildman–Crippen LogP) is 1.34. The molecular formula is C10H13NO3S. The van der Waals surface area contributed by atoms with Gasteiger partial charge in [-0.3, -0.25) is 9.36 Å². The molecule has 0 atom stereocenters. The molecule has 82 valence electrons. The maximum absolute atomic E-state index is 11.3. The molecule has 0 aliphatic heterocycles. The first-order valence-electron chi connectivity index (χ1n) is 4.46. The highest BCUT2D eigenvalue weighted by atomic mass is 32.1. The van der Waals surface area contributed by atoms with E-state index in [1.165, 1.54) is 7.11 Å². The largest absolute Gasteiger partial charge is 0.466 e. The summed E-state index contributed by atoms with van der Waals surface area (Å²) < 4.78 is 6.16. The summed E-state index contributed by atoms with van der Waals surface area (Å²) in [6.45, 7) is 3.94. The van der Waals surface area contributed by atoms with E-state index in [-0.39, 0.29) is 10.8 Å². The summed E-state index contributed by atoms with van der Waals surface area (Å²) in [6.07, 6.45) is 1.69. The summed E-state index contributed by atoms with van der Waals surface area (Å²) in [5.41, 5.74) is 1.41. The Balaban J connectivity index is 2.80. The Morgan fingerprint density at radius 2 is 2.33 bits per heavy atom. The van der Waals surface area contributed by atoms with Crippen LogP contribution < -0.4 is 4.87 Å². The van der Waals surface area contributed by atoms with Gasteiger partial charge in [0.2, 0.25) is 0 Å². The smallest absolute Gasteiger partial charge is 0.333 e. The number of allylic oxidation sites excluding steroid dienone is 1. The van der Waals surface area contributed by atoms with Crippen LogP contribution in [0.1, 0.15) is 12.6 Å². The van der Waals surface area contributed by atoms with Crippen LogP contribution in [0.25, 0.3) is 0 Å². The predicted molar refractivity (Wildman–Crippen MR) is 59.1 cm³/mol. The lowest BCUT2D eigenvalue weighted by molar-refractivity contribution is -0.136. The van der Waals surface area contributed by atoms with Gasteiger partial charge in [-0.15, -0.1) is 0 Å². The van der Waals surface area contributed by atoms with E-state index < -0.39 is 0 Å². The van der Waals surface area contributed by atoms with Gasteiger partial charge in [0.15, 0.2) is 0 Å². The number of ether oxygens (including phenoxy) is 1. The molecule has 0 unspecified atom stereocenters. The summed E-state index contributed by atoms with van der Waals surface area (Å²) in [7, 11) is 1.34. The van der Waals surface area contributed by atoms with Crippen molar-refractivity contribution in [1.29, 1.82) is 0 Å². The lowest BCUT2D eigenvalue weighted by Crippen LogP contribution is -2.14. The van der Waals surface area contributed by atoms with Crippen molar-refractivity contribution < 1.29 is 9.53 Å². The number of methoxy groups -OCH3 is 1. The van der Waals surface area contributed by atoms with E-state index in [0.717, 1.165) is 17.0 Å². The number of esters is 1. The normalized spacial score (nSPS) is 11.5. The second-order valence-electron chi connectivity index (χ2n) is 3.13. The van der Waals surface area contributed by atoms with Crippen LogP contribution >= 0.6 is 11.3 Å². The lowest BCUT2D eigenvalue weighted by atomic mass is 10.3. The molecule has 0 saturated heterocycles. The van der Waals surface area contributed by atoms with Gasteiger partial charge in [-0.05, 0) is 13.8 Å². The topological polar surface area (TPSA) is 48.3 Å². The summed E-state index contributed by atoms with van der Waals surface area (Å²) in [5.74, 6) is -0.365. The SMILES string of the molecule is COC(=O)C(C)=CCn1c(C)csc1=O. The van der Waals surface area contributed by atoms with Crippen molar-refractivity contribution in [2.45, 2.75) is 20.4 Å². The van der Waals surface area contributed by atoms with Crippen LogP contribution in [0.2, 0.25) is 0 Å². The number of aromatic nitrogens is 1. The average Bonchev–Trinajstić information content (AvgIpc) is 2.54. The fraction of sp³-hybridized carbons (Fsp3) is 0.400. The molecule has 0 amide bonds. The van der Waals surface area contributed by atoms with Crippen molar-refractivity contribution in [3.63, 3.8) is 0 Å². The Hall–Kier alpha value is -1.36. The zero-order valence-electron chi connectivity index (χ0n) is 8.94. The minimum absolute atomic E-state index is 0.0126.